The Hall–Kier alpha value is -0.830. The molecule has 0 radical (unpaired) electrons. The van der Waals surface area contributed by atoms with E-state index in [0.29, 0.717) is 11.5 Å². The van der Waals surface area contributed by atoms with Crippen molar-refractivity contribution in [2.24, 2.45) is 5.92 Å². The van der Waals surface area contributed by atoms with E-state index in [1.54, 1.807) is 0 Å². The minimum absolute atomic E-state index is 0.00769. The molecule has 2 atom stereocenters. The number of benzene rings is 1. The number of carbonyl (C=O) groups is 1. The third-order valence-corrected chi connectivity index (χ3v) is 3.47. The summed E-state index contributed by atoms with van der Waals surface area (Å²) >= 11 is 3.36. The summed E-state index contributed by atoms with van der Waals surface area (Å²) in [7, 11) is 0. The van der Waals surface area contributed by atoms with Gasteiger partial charge in [0.15, 0.2) is 0 Å². The molecule has 0 saturated heterocycles. The van der Waals surface area contributed by atoms with Gasteiger partial charge in [-0.05, 0) is 43.5 Å². The molecule has 1 aromatic carbocycles. The van der Waals surface area contributed by atoms with Gasteiger partial charge in [0.05, 0.1) is 0 Å². The lowest BCUT2D eigenvalue weighted by Gasteiger charge is -2.17. The van der Waals surface area contributed by atoms with Crippen molar-refractivity contribution in [3.8, 4) is 0 Å². The van der Waals surface area contributed by atoms with E-state index in [0.717, 1.165) is 17.3 Å². The highest BCUT2D eigenvalue weighted by molar-refractivity contribution is 9.10. The predicted octanol–water partition coefficient (Wildman–Crippen LogP) is 4.00. The number of amides is 1. The molecule has 1 N–H and O–H groups in total. The maximum Gasteiger partial charge on any atom is 0.251 e. The van der Waals surface area contributed by atoms with E-state index in [1.807, 2.05) is 24.3 Å². The van der Waals surface area contributed by atoms with Crippen molar-refractivity contribution in [2.45, 2.75) is 39.7 Å². The summed E-state index contributed by atoms with van der Waals surface area (Å²) in [6.07, 6.45) is 2.18. The first kappa shape index (κ1) is 14.2. The van der Waals surface area contributed by atoms with Crippen molar-refractivity contribution in [1.82, 2.24) is 5.32 Å². The van der Waals surface area contributed by atoms with Gasteiger partial charge < -0.3 is 5.32 Å². The number of carbonyl (C=O) groups excluding carboxylic acids is 1. The van der Waals surface area contributed by atoms with Crippen LogP contribution < -0.4 is 5.32 Å². The molecule has 3 heteroatoms. The van der Waals surface area contributed by atoms with Crippen LogP contribution in [-0.4, -0.2) is 11.9 Å². The minimum atomic E-state index is 0.00769. The van der Waals surface area contributed by atoms with E-state index >= 15 is 0 Å². The van der Waals surface area contributed by atoms with Crippen molar-refractivity contribution < 1.29 is 4.79 Å². The number of hydrogen-bond acceptors (Lipinski definition) is 1. The molecule has 0 aliphatic rings. The van der Waals surface area contributed by atoms with Crippen LogP contribution in [0.15, 0.2) is 28.7 Å². The first-order valence-electron chi connectivity index (χ1n) is 6.09. The van der Waals surface area contributed by atoms with Gasteiger partial charge in [0.1, 0.15) is 0 Å². The fraction of sp³-hybridized carbons (Fsp3) is 0.500. The van der Waals surface area contributed by atoms with Crippen LogP contribution in [0.25, 0.3) is 0 Å². The molecule has 1 amide bonds. The second kappa shape index (κ2) is 6.80. The van der Waals surface area contributed by atoms with E-state index in [4.69, 9.17) is 0 Å². The molecule has 0 saturated carbocycles. The molecular formula is C14H20BrNO. The predicted molar refractivity (Wildman–Crippen MR) is 75.1 cm³/mol. The highest BCUT2D eigenvalue weighted by Crippen LogP contribution is 2.12. The average Bonchev–Trinajstić information content (AvgIpc) is 2.29. The molecule has 2 unspecified atom stereocenters. The summed E-state index contributed by atoms with van der Waals surface area (Å²) in [5.74, 6) is 0.656. The summed E-state index contributed by atoms with van der Waals surface area (Å²) in [5.41, 5.74) is 0.712. The molecule has 0 aliphatic carbocycles. The fourth-order valence-corrected chi connectivity index (χ4v) is 2.00. The summed E-state index contributed by atoms with van der Waals surface area (Å²) in [6, 6.07) is 7.65. The Morgan fingerprint density at radius 2 is 1.88 bits per heavy atom. The highest BCUT2D eigenvalue weighted by atomic mass is 79.9. The van der Waals surface area contributed by atoms with Gasteiger partial charge in [-0.1, -0.05) is 36.2 Å². The normalized spacial score (nSPS) is 14.1. The zero-order chi connectivity index (χ0) is 12.8. The van der Waals surface area contributed by atoms with Crippen molar-refractivity contribution in [1.29, 1.82) is 0 Å². The number of hydrogen-bond donors (Lipinski definition) is 1. The highest BCUT2D eigenvalue weighted by Gasteiger charge is 2.11. The second-order valence-corrected chi connectivity index (χ2v) is 5.55. The average molecular weight is 298 g/mol. The zero-order valence-electron chi connectivity index (χ0n) is 10.7. The van der Waals surface area contributed by atoms with Crippen LogP contribution in [0.5, 0.6) is 0 Å². The Balaban J connectivity index is 2.51. The van der Waals surface area contributed by atoms with Crippen LogP contribution in [0.2, 0.25) is 0 Å². The molecule has 0 aromatic heterocycles. The molecule has 1 rings (SSSR count). The van der Waals surface area contributed by atoms with Crippen molar-refractivity contribution in [3.05, 3.63) is 34.3 Å². The van der Waals surface area contributed by atoms with Crippen LogP contribution in [0.3, 0.4) is 0 Å². The summed E-state index contributed by atoms with van der Waals surface area (Å²) in [6.45, 7) is 6.44. The second-order valence-electron chi connectivity index (χ2n) is 4.63. The van der Waals surface area contributed by atoms with Crippen LogP contribution >= 0.6 is 15.9 Å². The topological polar surface area (TPSA) is 29.1 Å². The first-order chi connectivity index (χ1) is 8.02. The van der Waals surface area contributed by atoms with Crippen LogP contribution in [0, 0.1) is 5.92 Å². The van der Waals surface area contributed by atoms with Crippen molar-refractivity contribution in [3.63, 3.8) is 0 Å². The molecule has 0 aliphatic heterocycles. The molecule has 1 aromatic rings. The van der Waals surface area contributed by atoms with E-state index in [2.05, 4.69) is 42.0 Å². The summed E-state index contributed by atoms with van der Waals surface area (Å²) in [4.78, 5) is 11.9. The lowest BCUT2D eigenvalue weighted by atomic mass is 10.0. The van der Waals surface area contributed by atoms with Crippen LogP contribution in [0.4, 0.5) is 0 Å². The molecule has 0 fully saturated rings. The Labute approximate surface area is 112 Å². The van der Waals surface area contributed by atoms with Gasteiger partial charge in [0, 0.05) is 16.1 Å². The molecular weight excluding hydrogens is 278 g/mol. The van der Waals surface area contributed by atoms with E-state index in [-0.39, 0.29) is 11.9 Å². The number of nitrogens with one attached hydrogen (secondary N) is 1. The molecule has 0 spiro atoms. The van der Waals surface area contributed by atoms with E-state index in [9.17, 15) is 4.79 Å². The molecule has 0 heterocycles. The van der Waals surface area contributed by atoms with Gasteiger partial charge in [0.2, 0.25) is 0 Å². The molecule has 0 bridgehead atoms. The third-order valence-electron chi connectivity index (χ3n) is 2.94. The van der Waals surface area contributed by atoms with Gasteiger partial charge in [-0.15, -0.1) is 0 Å². The summed E-state index contributed by atoms with van der Waals surface area (Å²) in [5, 5.41) is 3.03. The standard InChI is InChI=1S/C14H20BrNO/c1-4-10(2)9-11(3)16-14(17)12-5-7-13(15)8-6-12/h5-8,10-11H,4,9H2,1-3H3,(H,16,17). The molecule has 94 valence electrons. The Morgan fingerprint density at radius 1 is 1.29 bits per heavy atom. The van der Waals surface area contributed by atoms with Crippen molar-refractivity contribution >= 4 is 21.8 Å². The SMILES string of the molecule is CCC(C)CC(C)NC(=O)c1ccc(Br)cc1. The van der Waals surface area contributed by atoms with Crippen LogP contribution in [0.1, 0.15) is 44.0 Å². The Kier molecular flexibility index (Phi) is 5.69. The molecule has 2 nitrogen and oxygen atoms in total. The van der Waals surface area contributed by atoms with Crippen LogP contribution in [-0.2, 0) is 0 Å². The smallest absolute Gasteiger partial charge is 0.251 e. The van der Waals surface area contributed by atoms with Gasteiger partial charge in [-0.2, -0.15) is 0 Å². The Morgan fingerprint density at radius 3 is 2.41 bits per heavy atom. The Bertz CT molecular complexity index is 361. The van der Waals surface area contributed by atoms with E-state index < -0.39 is 0 Å². The number of halogens is 1. The van der Waals surface area contributed by atoms with Gasteiger partial charge in [0.25, 0.3) is 5.91 Å². The third kappa shape index (κ3) is 4.90. The lowest BCUT2D eigenvalue weighted by molar-refractivity contribution is 0.0935. The van der Waals surface area contributed by atoms with Gasteiger partial charge >= 0.3 is 0 Å². The zero-order valence-corrected chi connectivity index (χ0v) is 12.3. The fourth-order valence-electron chi connectivity index (χ4n) is 1.74. The maximum absolute atomic E-state index is 11.9. The van der Waals surface area contributed by atoms with Crippen molar-refractivity contribution in [2.75, 3.05) is 0 Å². The quantitative estimate of drug-likeness (QED) is 0.874. The lowest BCUT2D eigenvalue weighted by Crippen LogP contribution is -2.33. The van der Waals surface area contributed by atoms with Gasteiger partial charge in [-0.25, -0.2) is 0 Å². The van der Waals surface area contributed by atoms with E-state index in [1.165, 1.54) is 0 Å². The molecule has 17 heavy (non-hydrogen) atoms. The minimum Gasteiger partial charge on any atom is -0.350 e. The van der Waals surface area contributed by atoms with Gasteiger partial charge in [-0.3, -0.25) is 4.79 Å². The summed E-state index contributed by atoms with van der Waals surface area (Å²) < 4.78 is 0.988. The maximum atomic E-state index is 11.9. The monoisotopic (exact) mass is 297 g/mol. The number of rotatable bonds is 5. The first-order valence-corrected chi connectivity index (χ1v) is 6.88. The largest absolute Gasteiger partial charge is 0.350 e.